The largest absolute Gasteiger partial charge is 0.490 e. The van der Waals surface area contributed by atoms with E-state index >= 15 is 0 Å². The van der Waals surface area contributed by atoms with Crippen molar-refractivity contribution < 1.29 is 4.74 Å². The highest BCUT2D eigenvalue weighted by Gasteiger charge is 2.49. The van der Waals surface area contributed by atoms with Gasteiger partial charge in [0, 0.05) is 18.2 Å². The molecule has 5 aliphatic carbocycles. The Hall–Kier alpha value is -1.02. The zero-order valence-electron chi connectivity index (χ0n) is 17.7. The molecule has 6 rings (SSSR count). The summed E-state index contributed by atoms with van der Waals surface area (Å²) in [6.45, 7) is 3.31. The predicted molar refractivity (Wildman–Crippen MR) is 115 cm³/mol. The van der Waals surface area contributed by atoms with E-state index in [1.165, 1.54) is 76.2 Å². The van der Waals surface area contributed by atoms with Crippen LogP contribution in [0.1, 0.15) is 83.1 Å². The van der Waals surface area contributed by atoms with Gasteiger partial charge >= 0.3 is 0 Å². The SMILES string of the molecule is CC(CC1CCCCC1)NCc1ccccc1OC1C2CC3CC(C2)CC1C3. The summed E-state index contributed by atoms with van der Waals surface area (Å²) in [5, 5.41) is 3.81. The first-order chi connectivity index (χ1) is 13.7. The molecule has 1 unspecified atom stereocenters. The second-order valence-corrected chi connectivity index (χ2v) is 10.6. The molecule has 0 amide bonds. The molecular weight excluding hydrogens is 342 g/mol. The maximum absolute atomic E-state index is 6.76. The number of ether oxygens (including phenoxy) is 1. The van der Waals surface area contributed by atoms with E-state index in [2.05, 4.69) is 36.5 Å². The zero-order valence-corrected chi connectivity index (χ0v) is 17.7. The Labute approximate surface area is 171 Å². The van der Waals surface area contributed by atoms with Gasteiger partial charge in [0.2, 0.25) is 0 Å². The van der Waals surface area contributed by atoms with Crippen LogP contribution in [0.25, 0.3) is 0 Å². The molecule has 28 heavy (non-hydrogen) atoms. The molecule has 0 spiro atoms. The van der Waals surface area contributed by atoms with E-state index in [1.807, 2.05) is 0 Å². The Kier molecular flexibility index (Phi) is 5.68. The Morgan fingerprint density at radius 2 is 1.61 bits per heavy atom. The summed E-state index contributed by atoms with van der Waals surface area (Å²) in [6, 6.07) is 9.41. The summed E-state index contributed by atoms with van der Waals surface area (Å²) in [5.41, 5.74) is 1.35. The van der Waals surface area contributed by atoms with Crippen molar-refractivity contribution in [2.75, 3.05) is 0 Å². The van der Waals surface area contributed by atoms with Crippen LogP contribution in [0.15, 0.2) is 24.3 Å². The van der Waals surface area contributed by atoms with Crippen LogP contribution in [0, 0.1) is 29.6 Å². The van der Waals surface area contributed by atoms with E-state index in [0.717, 1.165) is 41.9 Å². The fourth-order valence-electron chi connectivity index (χ4n) is 7.27. The van der Waals surface area contributed by atoms with Gasteiger partial charge in [-0.05, 0) is 81.1 Å². The van der Waals surface area contributed by atoms with Crippen LogP contribution < -0.4 is 10.1 Å². The van der Waals surface area contributed by atoms with Gasteiger partial charge in [-0.3, -0.25) is 0 Å². The van der Waals surface area contributed by atoms with Crippen LogP contribution in [-0.2, 0) is 6.54 Å². The topological polar surface area (TPSA) is 21.3 Å². The third kappa shape index (κ3) is 4.13. The number of benzene rings is 1. The van der Waals surface area contributed by atoms with Gasteiger partial charge in [-0.2, -0.15) is 0 Å². The molecule has 1 atom stereocenters. The lowest BCUT2D eigenvalue weighted by Crippen LogP contribution is -2.50. The number of rotatable bonds is 7. The third-order valence-electron chi connectivity index (χ3n) is 8.43. The third-order valence-corrected chi connectivity index (χ3v) is 8.43. The Bertz CT molecular complexity index is 622. The highest BCUT2D eigenvalue weighted by atomic mass is 16.5. The predicted octanol–water partition coefficient (Wildman–Crippen LogP) is 6.34. The zero-order chi connectivity index (χ0) is 18.9. The van der Waals surface area contributed by atoms with Gasteiger partial charge in [0.1, 0.15) is 11.9 Å². The van der Waals surface area contributed by atoms with Gasteiger partial charge in [-0.1, -0.05) is 50.3 Å². The fraction of sp³-hybridized carbons (Fsp3) is 0.769. The summed E-state index contributed by atoms with van der Waals surface area (Å²) < 4.78 is 6.76. The molecular formula is C26H39NO. The maximum atomic E-state index is 6.76. The van der Waals surface area contributed by atoms with Crippen LogP contribution in [0.2, 0.25) is 0 Å². The lowest BCUT2D eigenvalue weighted by atomic mass is 9.55. The smallest absolute Gasteiger partial charge is 0.124 e. The van der Waals surface area contributed by atoms with E-state index < -0.39 is 0 Å². The van der Waals surface area contributed by atoms with Gasteiger partial charge in [0.15, 0.2) is 0 Å². The molecule has 1 aromatic carbocycles. The Balaban J connectivity index is 1.19. The van der Waals surface area contributed by atoms with Crippen LogP contribution in [0.5, 0.6) is 5.75 Å². The van der Waals surface area contributed by atoms with Crippen LogP contribution in [-0.4, -0.2) is 12.1 Å². The average Bonchev–Trinajstić information content (AvgIpc) is 2.70. The van der Waals surface area contributed by atoms with Gasteiger partial charge in [-0.25, -0.2) is 0 Å². The molecule has 0 radical (unpaired) electrons. The standard InChI is InChI=1S/C26H39NO/c1-18(11-19-7-3-2-4-8-19)27-17-22-9-5-6-10-25(22)28-26-23-13-20-12-21(15-23)16-24(26)14-20/h5-6,9-10,18-21,23-24,26-27H,2-4,7-8,11-17H2,1H3. The first-order valence-corrected chi connectivity index (χ1v) is 12.2. The second-order valence-electron chi connectivity index (χ2n) is 10.6. The first-order valence-electron chi connectivity index (χ1n) is 12.2. The highest BCUT2D eigenvalue weighted by molar-refractivity contribution is 5.33. The van der Waals surface area contributed by atoms with E-state index in [9.17, 15) is 0 Å². The lowest BCUT2D eigenvalue weighted by Gasteiger charge is -2.53. The minimum atomic E-state index is 0.480. The van der Waals surface area contributed by atoms with Crippen molar-refractivity contribution in [3.05, 3.63) is 29.8 Å². The molecule has 5 aliphatic rings. The second kappa shape index (κ2) is 8.38. The average molecular weight is 382 g/mol. The summed E-state index contributed by atoms with van der Waals surface area (Å²) in [7, 11) is 0. The molecule has 0 aromatic heterocycles. The molecule has 154 valence electrons. The normalized spacial score (nSPS) is 35.8. The molecule has 5 fully saturated rings. The van der Waals surface area contributed by atoms with Crippen molar-refractivity contribution in [2.24, 2.45) is 29.6 Å². The minimum Gasteiger partial charge on any atom is -0.490 e. The van der Waals surface area contributed by atoms with E-state index in [4.69, 9.17) is 4.74 Å². The van der Waals surface area contributed by atoms with Crippen molar-refractivity contribution in [3.8, 4) is 5.75 Å². The number of para-hydroxylation sites is 1. The molecule has 2 heteroatoms. The molecule has 5 saturated carbocycles. The van der Waals surface area contributed by atoms with Crippen LogP contribution >= 0.6 is 0 Å². The summed E-state index contributed by atoms with van der Waals surface area (Å²) >= 11 is 0. The minimum absolute atomic E-state index is 0.480. The van der Waals surface area contributed by atoms with Crippen LogP contribution in [0.3, 0.4) is 0 Å². The van der Waals surface area contributed by atoms with Crippen molar-refractivity contribution in [1.29, 1.82) is 0 Å². The number of nitrogens with one attached hydrogen (secondary N) is 1. The van der Waals surface area contributed by atoms with Crippen molar-refractivity contribution in [1.82, 2.24) is 5.32 Å². The molecule has 2 nitrogen and oxygen atoms in total. The molecule has 0 heterocycles. The van der Waals surface area contributed by atoms with Gasteiger partial charge in [0.25, 0.3) is 0 Å². The summed E-state index contributed by atoms with van der Waals surface area (Å²) in [4.78, 5) is 0. The van der Waals surface area contributed by atoms with Gasteiger partial charge in [0.05, 0.1) is 0 Å². The molecule has 1 N–H and O–H groups in total. The molecule has 0 saturated heterocycles. The summed E-state index contributed by atoms with van der Waals surface area (Å²) in [6.07, 6.45) is 16.3. The Morgan fingerprint density at radius 3 is 2.32 bits per heavy atom. The number of hydrogen-bond acceptors (Lipinski definition) is 2. The molecule has 1 aromatic rings. The fourth-order valence-corrected chi connectivity index (χ4v) is 7.27. The lowest BCUT2D eigenvalue weighted by molar-refractivity contribution is -0.0792. The van der Waals surface area contributed by atoms with Crippen molar-refractivity contribution in [2.45, 2.75) is 96.2 Å². The highest BCUT2D eigenvalue weighted by Crippen LogP contribution is 2.54. The van der Waals surface area contributed by atoms with Crippen molar-refractivity contribution in [3.63, 3.8) is 0 Å². The summed E-state index contributed by atoms with van der Waals surface area (Å²) in [5.74, 6) is 5.76. The monoisotopic (exact) mass is 381 g/mol. The first kappa shape index (κ1) is 19.0. The van der Waals surface area contributed by atoms with E-state index in [1.54, 1.807) is 0 Å². The molecule has 0 aliphatic heterocycles. The Morgan fingerprint density at radius 1 is 0.929 bits per heavy atom. The quantitative estimate of drug-likeness (QED) is 0.595. The molecule has 4 bridgehead atoms. The van der Waals surface area contributed by atoms with E-state index in [0.29, 0.717) is 12.1 Å². The van der Waals surface area contributed by atoms with Crippen molar-refractivity contribution >= 4 is 0 Å². The van der Waals surface area contributed by atoms with Crippen LogP contribution in [0.4, 0.5) is 0 Å². The van der Waals surface area contributed by atoms with Gasteiger partial charge < -0.3 is 10.1 Å². The number of hydrogen-bond donors (Lipinski definition) is 1. The van der Waals surface area contributed by atoms with Gasteiger partial charge in [-0.15, -0.1) is 0 Å². The van der Waals surface area contributed by atoms with E-state index in [-0.39, 0.29) is 0 Å². The maximum Gasteiger partial charge on any atom is 0.124 e.